The van der Waals surface area contributed by atoms with Crippen LogP contribution in [0.15, 0.2) is 18.2 Å². The third kappa shape index (κ3) is 2.76. The highest BCUT2D eigenvalue weighted by Gasteiger charge is 2.29. The fourth-order valence-corrected chi connectivity index (χ4v) is 3.43. The summed E-state index contributed by atoms with van der Waals surface area (Å²) in [6, 6.07) is 5.42. The summed E-state index contributed by atoms with van der Waals surface area (Å²) < 4.78 is 32.1. The summed E-state index contributed by atoms with van der Waals surface area (Å²) in [5, 5.41) is 2.68. The van der Waals surface area contributed by atoms with Gasteiger partial charge in [0.2, 0.25) is 10.0 Å². The highest BCUT2D eigenvalue weighted by molar-refractivity contribution is 7.93. The molecule has 0 aromatic heterocycles. The second kappa shape index (κ2) is 5.16. The molecule has 1 atom stereocenters. The van der Waals surface area contributed by atoms with Gasteiger partial charge in [0.05, 0.1) is 18.0 Å². The molecule has 5 nitrogen and oxygen atoms in total. The van der Waals surface area contributed by atoms with Crippen LogP contribution in [-0.2, 0) is 10.0 Å². The normalized spacial score (nSPS) is 19.8. The van der Waals surface area contributed by atoms with Crippen molar-refractivity contribution >= 4 is 15.7 Å². The number of hydrogen-bond donors (Lipinski definition) is 2. The molecule has 0 bridgehead atoms. The molecule has 1 unspecified atom stereocenters. The first-order chi connectivity index (χ1) is 8.53. The molecule has 0 amide bonds. The lowest BCUT2D eigenvalue weighted by Crippen LogP contribution is -2.29. The minimum Gasteiger partial charge on any atom is -0.495 e. The van der Waals surface area contributed by atoms with Gasteiger partial charge in [-0.3, -0.25) is 4.72 Å². The number of nitrogens with one attached hydrogen (secondary N) is 2. The monoisotopic (exact) mass is 270 g/mol. The van der Waals surface area contributed by atoms with Crippen molar-refractivity contribution in [1.29, 1.82) is 0 Å². The standard InChI is InChI=1S/C12H18N2O3S/c1-9-3-4-12(17-2)11(7-9)14-18(15,16)10-5-6-13-8-10/h3-4,7,10,13-14H,5-6,8H2,1-2H3. The van der Waals surface area contributed by atoms with Crippen molar-refractivity contribution in [2.45, 2.75) is 18.6 Å². The van der Waals surface area contributed by atoms with Crippen LogP contribution in [0.25, 0.3) is 0 Å². The summed E-state index contributed by atoms with van der Waals surface area (Å²) in [5.74, 6) is 0.537. The van der Waals surface area contributed by atoms with E-state index in [1.165, 1.54) is 7.11 Å². The Morgan fingerprint density at radius 1 is 1.44 bits per heavy atom. The molecule has 0 saturated carbocycles. The molecular formula is C12H18N2O3S. The lowest BCUT2D eigenvalue weighted by atomic mass is 10.2. The zero-order valence-corrected chi connectivity index (χ0v) is 11.4. The highest BCUT2D eigenvalue weighted by Crippen LogP contribution is 2.27. The second-order valence-corrected chi connectivity index (χ2v) is 6.43. The van der Waals surface area contributed by atoms with Crippen LogP contribution in [0.1, 0.15) is 12.0 Å². The maximum atomic E-state index is 12.2. The van der Waals surface area contributed by atoms with Gasteiger partial charge in [-0.1, -0.05) is 6.07 Å². The Bertz CT molecular complexity index is 522. The van der Waals surface area contributed by atoms with Crippen LogP contribution in [0, 0.1) is 6.92 Å². The third-order valence-electron chi connectivity index (χ3n) is 3.06. The predicted molar refractivity (Wildman–Crippen MR) is 71.5 cm³/mol. The SMILES string of the molecule is COc1ccc(C)cc1NS(=O)(=O)C1CCNC1. The largest absolute Gasteiger partial charge is 0.495 e. The molecule has 6 heteroatoms. The molecule has 1 aliphatic rings. The van der Waals surface area contributed by atoms with E-state index >= 15 is 0 Å². The molecular weight excluding hydrogens is 252 g/mol. The summed E-state index contributed by atoms with van der Waals surface area (Å²) in [7, 11) is -1.83. The van der Waals surface area contributed by atoms with Crippen molar-refractivity contribution in [3.63, 3.8) is 0 Å². The first-order valence-corrected chi connectivity index (χ1v) is 7.44. The minimum absolute atomic E-state index is 0.372. The predicted octanol–water partition coefficient (Wildman–Crippen LogP) is 1.11. The number of benzene rings is 1. The van der Waals surface area contributed by atoms with Gasteiger partial charge in [0, 0.05) is 6.54 Å². The Morgan fingerprint density at radius 3 is 2.83 bits per heavy atom. The first-order valence-electron chi connectivity index (χ1n) is 5.90. The summed E-state index contributed by atoms with van der Waals surface area (Å²) in [5.41, 5.74) is 1.49. The van der Waals surface area contributed by atoms with E-state index in [4.69, 9.17) is 4.74 Å². The second-order valence-electron chi connectivity index (χ2n) is 4.47. The summed E-state index contributed by atoms with van der Waals surface area (Å²) in [4.78, 5) is 0. The summed E-state index contributed by atoms with van der Waals surface area (Å²) in [6.07, 6.45) is 0.642. The molecule has 100 valence electrons. The molecule has 18 heavy (non-hydrogen) atoms. The molecule has 1 aromatic rings. The van der Waals surface area contributed by atoms with E-state index in [1.54, 1.807) is 12.1 Å². The molecule has 1 heterocycles. The van der Waals surface area contributed by atoms with E-state index in [9.17, 15) is 8.42 Å². The molecule has 1 aromatic carbocycles. The quantitative estimate of drug-likeness (QED) is 0.860. The van der Waals surface area contributed by atoms with Crippen LogP contribution in [0.2, 0.25) is 0 Å². The Hall–Kier alpha value is -1.27. The van der Waals surface area contributed by atoms with E-state index in [0.717, 1.165) is 12.1 Å². The number of hydrogen-bond acceptors (Lipinski definition) is 4. The maximum absolute atomic E-state index is 12.2. The number of ether oxygens (including phenoxy) is 1. The number of anilines is 1. The van der Waals surface area contributed by atoms with E-state index in [1.807, 2.05) is 13.0 Å². The number of aryl methyl sites for hydroxylation is 1. The molecule has 2 N–H and O–H groups in total. The van der Waals surface area contributed by atoms with Crippen LogP contribution in [-0.4, -0.2) is 33.9 Å². The van der Waals surface area contributed by atoms with Crippen LogP contribution in [0.4, 0.5) is 5.69 Å². The Labute approximate surface area is 108 Å². The molecule has 0 radical (unpaired) electrons. The molecule has 1 saturated heterocycles. The molecule has 0 aliphatic carbocycles. The maximum Gasteiger partial charge on any atom is 0.237 e. The van der Waals surface area contributed by atoms with Gasteiger partial charge in [-0.15, -0.1) is 0 Å². The topological polar surface area (TPSA) is 67.4 Å². The lowest BCUT2D eigenvalue weighted by molar-refractivity contribution is 0.416. The lowest BCUT2D eigenvalue weighted by Gasteiger charge is -2.15. The average molecular weight is 270 g/mol. The van der Waals surface area contributed by atoms with Crippen molar-refractivity contribution in [2.75, 3.05) is 24.9 Å². The van der Waals surface area contributed by atoms with Gasteiger partial charge in [0.1, 0.15) is 5.75 Å². The molecule has 0 spiro atoms. The van der Waals surface area contributed by atoms with Gasteiger partial charge in [0.25, 0.3) is 0 Å². The highest BCUT2D eigenvalue weighted by atomic mass is 32.2. The van der Waals surface area contributed by atoms with Gasteiger partial charge >= 0.3 is 0 Å². The molecule has 1 fully saturated rings. The summed E-state index contributed by atoms with van der Waals surface area (Å²) in [6.45, 7) is 3.16. The van der Waals surface area contributed by atoms with Crippen LogP contribution in [0.3, 0.4) is 0 Å². The van der Waals surface area contributed by atoms with Gasteiger partial charge in [-0.2, -0.15) is 0 Å². The zero-order valence-electron chi connectivity index (χ0n) is 10.6. The molecule has 2 rings (SSSR count). The van der Waals surface area contributed by atoms with Crippen molar-refractivity contribution < 1.29 is 13.2 Å². The van der Waals surface area contributed by atoms with Crippen LogP contribution < -0.4 is 14.8 Å². The number of methoxy groups -OCH3 is 1. The Balaban J connectivity index is 2.25. The van der Waals surface area contributed by atoms with Crippen LogP contribution in [0.5, 0.6) is 5.75 Å². The minimum atomic E-state index is -3.35. The fourth-order valence-electron chi connectivity index (χ4n) is 2.03. The number of rotatable bonds is 4. The van der Waals surface area contributed by atoms with Crippen molar-refractivity contribution in [1.82, 2.24) is 5.32 Å². The van der Waals surface area contributed by atoms with Crippen LogP contribution >= 0.6 is 0 Å². The van der Waals surface area contributed by atoms with Crippen molar-refractivity contribution in [3.05, 3.63) is 23.8 Å². The van der Waals surface area contributed by atoms with Crippen molar-refractivity contribution in [2.24, 2.45) is 0 Å². The fraction of sp³-hybridized carbons (Fsp3) is 0.500. The van der Waals surface area contributed by atoms with Crippen molar-refractivity contribution in [3.8, 4) is 5.75 Å². The Morgan fingerprint density at radius 2 is 2.22 bits per heavy atom. The van der Waals surface area contributed by atoms with E-state index in [-0.39, 0.29) is 5.25 Å². The van der Waals surface area contributed by atoms with E-state index in [2.05, 4.69) is 10.0 Å². The van der Waals surface area contributed by atoms with E-state index < -0.39 is 10.0 Å². The van der Waals surface area contributed by atoms with E-state index in [0.29, 0.717) is 24.4 Å². The van der Waals surface area contributed by atoms with Gasteiger partial charge < -0.3 is 10.1 Å². The van der Waals surface area contributed by atoms with Gasteiger partial charge in [-0.25, -0.2) is 8.42 Å². The van der Waals surface area contributed by atoms with Gasteiger partial charge in [0.15, 0.2) is 0 Å². The third-order valence-corrected chi connectivity index (χ3v) is 4.85. The smallest absolute Gasteiger partial charge is 0.237 e. The van der Waals surface area contributed by atoms with Gasteiger partial charge in [-0.05, 0) is 37.6 Å². The average Bonchev–Trinajstić information content (AvgIpc) is 2.83. The Kier molecular flexibility index (Phi) is 3.77. The molecule has 1 aliphatic heterocycles. The zero-order chi connectivity index (χ0) is 13.2. The summed E-state index contributed by atoms with van der Waals surface area (Å²) >= 11 is 0. The first kappa shape index (κ1) is 13.2. The number of sulfonamides is 1.